The van der Waals surface area contributed by atoms with Gasteiger partial charge in [-0.2, -0.15) is 23.5 Å². The molecule has 0 aromatic heterocycles. The lowest BCUT2D eigenvalue weighted by Crippen LogP contribution is -2.47. The van der Waals surface area contributed by atoms with Crippen molar-refractivity contribution in [2.24, 2.45) is 0 Å². The summed E-state index contributed by atoms with van der Waals surface area (Å²) in [5.74, 6) is -1.31. The normalized spacial score (nSPS) is 17.8. The molecule has 0 N–H and O–H groups in total. The zero-order chi connectivity index (χ0) is 21.2. The maximum atomic E-state index is 14.0. The van der Waals surface area contributed by atoms with Crippen LogP contribution in [-0.4, -0.2) is 31.3 Å². The first-order valence-corrected chi connectivity index (χ1v) is 9.23. The standard InChI is InChI=1S/C20H18ClF4N3O/c1-27-12-16(7-8-29-27)28(15-6-5-13(10-26)17(21)9-15)11-14-3-2-4-18(22)19(14)20(23,24)25/h2-6,9,16H,7-8,11-12H2,1H3/t16-/m0/s1. The summed E-state index contributed by atoms with van der Waals surface area (Å²) in [5, 5.41) is 10.9. The van der Waals surface area contributed by atoms with Gasteiger partial charge in [0.05, 0.1) is 22.8 Å². The van der Waals surface area contributed by atoms with Crippen LogP contribution < -0.4 is 4.90 Å². The number of hydroxylamine groups is 2. The minimum atomic E-state index is -4.82. The SMILES string of the molecule is CN1C[C@@H](N(Cc2cccc(F)c2C(F)(F)F)c2ccc(C#N)c(Cl)c2)CCO1. The molecule has 3 rings (SSSR count). The fourth-order valence-corrected chi connectivity index (χ4v) is 3.66. The lowest BCUT2D eigenvalue weighted by molar-refractivity contribution is -0.167. The molecule has 1 aliphatic heterocycles. The van der Waals surface area contributed by atoms with Crippen LogP contribution in [0.4, 0.5) is 23.2 Å². The summed E-state index contributed by atoms with van der Waals surface area (Å²) in [6.07, 6.45) is -4.25. The van der Waals surface area contributed by atoms with E-state index in [2.05, 4.69) is 0 Å². The van der Waals surface area contributed by atoms with Crippen LogP contribution >= 0.6 is 11.6 Å². The first-order chi connectivity index (χ1) is 13.7. The van der Waals surface area contributed by atoms with Crippen LogP contribution in [0.2, 0.25) is 5.02 Å². The summed E-state index contributed by atoms with van der Waals surface area (Å²) in [6.45, 7) is 0.665. The fraction of sp³-hybridized carbons (Fsp3) is 0.350. The van der Waals surface area contributed by atoms with Gasteiger partial charge < -0.3 is 4.90 Å². The van der Waals surface area contributed by atoms with E-state index in [4.69, 9.17) is 21.7 Å². The predicted octanol–water partition coefficient (Wildman–Crippen LogP) is 5.01. The predicted molar refractivity (Wildman–Crippen MR) is 101 cm³/mol. The minimum Gasteiger partial charge on any atom is -0.363 e. The molecule has 0 saturated carbocycles. The molecule has 0 unspecified atom stereocenters. The molecular weight excluding hydrogens is 410 g/mol. The number of hydrogen-bond acceptors (Lipinski definition) is 4. The van der Waals surface area contributed by atoms with Crippen molar-refractivity contribution in [2.45, 2.75) is 25.2 Å². The van der Waals surface area contributed by atoms with Gasteiger partial charge in [-0.3, -0.25) is 4.84 Å². The molecule has 4 nitrogen and oxygen atoms in total. The van der Waals surface area contributed by atoms with Crippen LogP contribution in [-0.2, 0) is 17.6 Å². The molecule has 2 aromatic carbocycles. The first kappa shape index (κ1) is 21.4. The van der Waals surface area contributed by atoms with Crippen LogP contribution in [0.5, 0.6) is 0 Å². The van der Waals surface area contributed by atoms with E-state index in [1.165, 1.54) is 18.2 Å². The van der Waals surface area contributed by atoms with E-state index in [-0.39, 0.29) is 28.7 Å². The highest BCUT2D eigenvalue weighted by atomic mass is 35.5. The maximum Gasteiger partial charge on any atom is 0.419 e. The third-order valence-corrected chi connectivity index (χ3v) is 5.11. The van der Waals surface area contributed by atoms with Gasteiger partial charge in [0.2, 0.25) is 0 Å². The number of alkyl halides is 3. The Bertz CT molecular complexity index is 929. The number of anilines is 1. The number of halogens is 5. The average Bonchev–Trinajstić information content (AvgIpc) is 2.65. The third-order valence-electron chi connectivity index (χ3n) is 4.80. The van der Waals surface area contributed by atoms with Gasteiger partial charge in [-0.1, -0.05) is 23.7 Å². The van der Waals surface area contributed by atoms with E-state index in [1.54, 1.807) is 29.1 Å². The number of rotatable bonds is 4. The van der Waals surface area contributed by atoms with Gasteiger partial charge in [-0.05, 0) is 36.2 Å². The third kappa shape index (κ3) is 4.81. The smallest absolute Gasteiger partial charge is 0.363 e. The van der Waals surface area contributed by atoms with Gasteiger partial charge in [0.25, 0.3) is 0 Å². The van der Waals surface area contributed by atoms with Crippen molar-refractivity contribution >= 4 is 17.3 Å². The Morgan fingerprint density at radius 1 is 1.31 bits per heavy atom. The summed E-state index contributed by atoms with van der Waals surface area (Å²) < 4.78 is 54.5. The summed E-state index contributed by atoms with van der Waals surface area (Å²) in [7, 11) is 1.74. The maximum absolute atomic E-state index is 14.0. The Balaban J connectivity index is 2.04. The molecule has 2 aromatic rings. The molecule has 1 heterocycles. The van der Waals surface area contributed by atoms with Crippen molar-refractivity contribution < 1.29 is 22.4 Å². The molecule has 0 spiro atoms. The Kier molecular flexibility index (Phi) is 6.32. The highest BCUT2D eigenvalue weighted by Crippen LogP contribution is 2.36. The molecule has 1 fully saturated rings. The van der Waals surface area contributed by atoms with Gasteiger partial charge in [0.15, 0.2) is 0 Å². The summed E-state index contributed by atoms with van der Waals surface area (Å²) >= 11 is 6.15. The summed E-state index contributed by atoms with van der Waals surface area (Å²) in [6, 6.07) is 9.80. The molecule has 154 valence electrons. The number of hydrogen-bond donors (Lipinski definition) is 0. The molecule has 0 amide bonds. The molecule has 0 bridgehead atoms. The average molecular weight is 428 g/mol. The Labute approximate surface area is 170 Å². The van der Waals surface area contributed by atoms with E-state index in [0.29, 0.717) is 25.3 Å². The van der Waals surface area contributed by atoms with E-state index in [0.717, 1.165) is 6.07 Å². The monoisotopic (exact) mass is 427 g/mol. The van der Waals surface area contributed by atoms with Crippen LogP contribution in [0.15, 0.2) is 36.4 Å². The van der Waals surface area contributed by atoms with Crippen molar-refractivity contribution in [3.05, 3.63) is 63.9 Å². The highest BCUT2D eigenvalue weighted by Gasteiger charge is 2.37. The first-order valence-electron chi connectivity index (χ1n) is 8.85. The molecule has 9 heteroatoms. The number of benzene rings is 2. The summed E-state index contributed by atoms with van der Waals surface area (Å²) in [4.78, 5) is 7.15. The second-order valence-corrected chi connectivity index (χ2v) is 7.17. The van der Waals surface area contributed by atoms with E-state index in [9.17, 15) is 17.6 Å². The van der Waals surface area contributed by atoms with Crippen LogP contribution in [0, 0.1) is 17.1 Å². The number of nitrogens with zero attached hydrogens (tertiary/aromatic N) is 3. The molecule has 1 saturated heterocycles. The molecule has 1 aliphatic rings. The highest BCUT2D eigenvalue weighted by molar-refractivity contribution is 6.32. The molecule has 0 aliphatic carbocycles. The topological polar surface area (TPSA) is 39.5 Å². The van der Waals surface area contributed by atoms with Crippen LogP contribution in [0.3, 0.4) is 0 Å². The largest absolute Gasteiger partial charge is 0.419 e. The van der Waals surface area contributed by atoms with Crippen molar-refractivity contribution in [1.29, 1.82) is 5.26 Å². The van der Waals surface area contributed by atoms with Crippen molar-refractivity contribution in [1.82, 2.24) is 5.06 Å². The molecule has 29 heavy (non-hydrogen) atoms. The van der Waals surface area contributed by atoms with Crippen molar-refractivity contribution in [3.8, 4) is 6.07 Å². The minimum absolute atomic E-state index is 0.173. The van der Waals surface area contributed by atoms with Crippen molar-refractivity contribution in [3.63, 3.8) is 0 Å². The Morgan fingerprint density at radius 3 is 2.69 bits per heavy atom. The van der Waals surface area contributed by atoms with Gasteiger partial charge in [-0.25, -0.2) is 4.39 Å². The number of likely N-dealkylation sites (N-methyl/N-ethyl adjacent to an activating group) is 1. The van der Waals surface area contributed by atoms with E-state index in [1.807, 2.05) is 6.07 Å². The lowest BCUT2D eigenvalue weighted by Gasteiger charge is -2.39. The Hall–Kier alpha value is -2.34. The van der Waals surface area contributed by atoms with Crippen LogP contribution in [0.1, 0.15) is 23.1 Å². The van der Waals surface area contributed by atoms with Gasteiger partial charge in [0, 0.05) is 31.9 Å². The molecular formula is C20H18ClF4N3O. The quantitative estimate of drug-likeness (QED) is 0.643. The van der Waals surface area contributed by atoms with Crippen LogP contribution in [0.25, 0.3) is 0 Å². The van der Waals surface area contributed by atoms with E-state index < -0.39 is 17.6 Å². The lowest BCUT2D eigenvalue weighted by atomic mass is 10.0. The van der Waals surface area contributed by atoms with Gasteiger partial charge >= 0.3 is 6.18 Å². The van der Waals surface area contributed by atoms with E-state index >= 15 is 0 Å². The summed E-state index contributed by atoms with van der Waals surface area (Å²) in [5.41, 5.74) is -0.634. The molecule has 1 atom stereocenters. The zero-order valence-corrected chi connectivity index (χ0v) is 16.3. The van der Waals surface area contributed by atoms with Crippen molar-refractivity contribution in [2.75, 3.05) is 25.1 Å². The fourth-order valence-electron chi connectivity index (χ4n) is 3.45. The second kappa shape index (κ2) is 8.57. The zero-order valence-electron chi connectivity index (χ0n) is 15.5. The molecule has 0 radical (unpaired) electrons. The second-order valence-electron chi connectivity index (χ2n) is 6.76. The number of nitriles is 1. The van der Waals surface area contributed by atoms with Gasteiger partial charge in [-0.15, -0.1) is 0 Å². The van der Waals surface area contributed by atoms with Gasteiger partial charge in [0.1, 0.15) is 11.9 Å². The Morgan fingerprint density at radius 2 is 2.07 bits per heavy atom.